The average Bonchev–Trinajstić information content (AvgIpc) is 2.40. The Hall–Kier alpha value is -0.590. The van der Waals surface area contributed by atoms with Crippen LogP contribution in [0.3, 0.4) is 0 Å². The van der Waals surface area contributed by atoms with E-state index in [1.54, 1.807) is 18.0 Å². The molecule has 0 radical (unpaired) electrons. The van der Waals surface area contributed by atoms with E-state index >= 15 is 0 Å². The molecule has 0 amide bonds. The van der Waals surface area contributed by atoms with Gasteiger partial charge in [-0.25, -0.2) is 4.98 Å². The minimum Gasteiger partial charge on any atom is -0.465 e. The molecule has 0 aliphatic carbocycles. The Labute approximate surface area is 126 Å². The molecule has 1 N–H and O–H groups in total. The van der Waals surface area contributed by atoms with Crippen LogP contribution in [0.25, 0.3) is 0 Å². The molecule has 106 valence electrons. The third kappa shape index (κ3) is 6.40. The second-order valence-corrected chi connectivity index (χ2v) is 5.84. The fourth-order valence-electron chi connectivity index (χ4n) is 1.52. The van der Waals surface area contributed by atoms with Crippen LogP contribution in [0.1, 0.15) is 20.3 Å². The summed E-state index contributed by atoms with van der Waals surface area (Å²) in [7, 11) is 0. The van der Waals surface area contributed by atoms with Crippen molar-refractivity contribution >= 4 is 33.7 Å². The van der Waals surface area contributed by atoms with E-state index < -0.39 is 0 Å². The summed E-state index contributed by atoms with van der Waals surface area (Å²) in [6.07, 6.45) is 2.50. The first-order valence-corrected chi connectivity index (χ1v) is 8.09. The number of nitrogens with zero attached hydrogens (tertiary/aromatic N) is 1. The number of halogens is 1. The molecule has 1 aromatic rings. The van der Waals surface area contributed by atoms with Crippen LogP contribution in [0.5, 0.6) is 0 Å². The molecule has 1 heterocycles. The fourth-order valence-corrected chi connectivity index (χ4v) is 2.61. The number of carbonyl (C=O) groups excluding carboxylic acids is 1. The first-order valence-electron chi connectivity index (χ1n) is 6.31. The van der Waals surface area contributed by atoms with E-state index in [9.17, 15) is 4.79 Å². The fraction of sp³-hybridized carbons (Fsp3) is 0.538. The molecule has 1 rings (SSSR count). The molecule has 0 aliphatic heterocycles. The topological polar surface area (TPSA) is 51.2 Å². The van der Waals surface area contributed by atoms with Crippen molar-refractivity contribution in [2.24, 2.45) is 0 Å². The van der Waals surface area contributed by atoms with E-state index in [0.717, 1.165) is 28.2 Å². The predicted octanol–water partition coefficient (Wildman–Crippen LogP) is 2.87. The zero-order valence-corrected chi connectivity index (χ0v) is 13.6. The van der Waals surface area contributed by atoms with Gasteiger partial charge in [0.25, 0.3) is 0 Å². The van der Waals surface area contributed by atoms with Crippen molar-refractivity contribution in [3.8, 4) is 0 Å². The number of nitrogens with one attached hydrogen (secondary N) is 1. The highest BCUT2D eigenvalue weighted by Gasteiger charge is 2.18. The van der Waals surface area contributed by atoms with E-state index in [0.29, 0.717) is 6.61 Å². The van der Waals surface area contributed by atoms with Gasteiger partial charge in [0.05, 0.1) is 11.6 Å². The molecule has 0 aromatic carbocycles. The van der Waals surface area contributed by atoms with Crippen molar-refractivity contribution in [2.45, 2.75) is 31.3 Å². The standard InChI is InChI=1S/C13H19BrN2O2S/c1-3-15-11(13(17)18-4-2)7-8-19-12-6-5-10(14)9-16-12/h5-6,9,11,15H,3-4,7-8H2,1-2H3. The molecular formula is C13H19BrN2O2S. The van der Waals surface area contributed by atoms with Crippen LogP contribution < -0.4 is 5.32 Å². The van der Waals surface area contributed by atoms with Gasteiger partial charge in [0, 0.05) is 16.4 Å². The van der Waals surface area contributed by atoms with E-state index in [2.05, 4.69) is 26.2 Å². The van der Waals surface area contributed by atoms with Crippen LogP contribution in [0.2, 0.25) is 0 Å². The van der Waals surface area contributed by atoms with Crippen LogP contribution in [-0.2, 0) is 9.53 Å². The highest BCUT2D eigenvalue weighted by atomic mass is 79.9. The van der Waals surface area contributed by atoms with Gasteiger partial charge in [-0.1, -0.05) is 6.92 Å². The normalized spacial score (nSPS) is 12.2. The molecule has 0 aliphatic rings. The Morgan fingerprint density at radius 3 is 2.89 bits per heavy atom. The Balaban J connectivity index is 2.39. The third-order valence-electron chi connectivity index (χ3n) is 2.38. The number of rotatable bonds is 8. The SMILES string of the molecule is CCNC(CCSc1ccc(Br)cn1)C(=O)OCC. The van der Waals surface area contributed by atoms with Crippen LogP contribution in [0, 0.1) is 0 Å². The average molecular weight is 347 g/mol. The lowest BCUT2D eigenvalue weighted by atomic mass is 10.2. The molecule has 19 heavy (non-hydrogen) atoms. The summed E-state index contributed by atoms with van der Waals surface area (Å²) in [5.41, 5.74) is 0. The number of ether oxygens (including phenoxy) is 1. The molecule has 0 bridgehead atoms. The maximum Gasteiger partial charge on any atom is 0.323 e. The molecular weight excluding hydrogens is 328 g/mol. The van der Waals surface area contributed by atoms with Gasteiger partial charge in [0.15, 0.2) is 0 Å². The maximum absolute atomic E-state index is 11.7. The molecule has 4 nitrogen and oxygen atoms in total. The minimum atomic E-state index is -0.229. The smallest absolute Gasteiger partial charge is 0.323 e. The Bertz CT molecular complexity index is 387. The number of aromatic nitrogens is 1. The van der Waals surface area contributed by atoms with Crippen molar-refractivity contribution in [1.29, 1.82) is 0 Å². The van der Waals surface area contributed by atoms with Gasteiger partial charge in [-0.15, -0.1) is 11.8 Å². The molecule has 0 saturated heterocycles. The van der Waals surface area contributed by atoms with Gasteiger partial charge < -0.3 is 10.1 Å². The zero-order valence-electron chi connectivity index (χ0n) is 11.2. The van der Waals surface area contributed by atoms with Gasteiger partial charge >= 0.3 is 5.97 Å². The highest BCUT2D eigenvalue weighted by molar-refractivity contribution is 9.10. The van der Waals surface area contributed by atoms with E-state index in [-0.39, 0.29) is 12.0 Å². The first kappa shape index (κ1) is 16.5. The van der Waals surface area contributed by atoms with Crippen molar-refractivity contribution in [1.82, 2.24) is 10.3 Å². The largest absolute Gasteiger partial charge is 0.465 e. The lowest BCUT2D eigenvalue weighted by molar-refractivity contribution is -0.145. The van der Waals surface area contributed by atoms with Crippen LogP contribution in [-0.4, -0.2) is 35.9 Å². The summed E-state index contributed by atoms with van der Waals surface area (Å²) in [5.74, 6) is 0.652. The molecule has 1 aromatic heterocycles. The minimum absolute atomic E-state index is 0.172. The molecule has 0 saturated carbocycles. The Morgan fingerprint density at radius 1 is 1.53 bits per heavy atom. The summed E-state index contributed by atoms with van der Waals surface area (Å²) in [6.45, 7) is 4.98. The summed E-state index contributed by atoms with van der Waals surface area (Å²) >= 11 is 4.99. The molecule has 0 fully saturated rings. The maximum atomic E-state index is 11.7. The van der Waals surface area contributed by atoms with Crippen molar-refractivity contribution < 1.29 is 9.53 Å². The number of thioether (sulfide) groups is 1. The summed E-state index contributed by atoms with van der Waals surface area (Å²) in [4.78, 5) is 16.0. The van der Waals surface area contributed by atoms with Crippen molar-refractivity contribution in [3.05, 3.63) is 22.8 Å². The van der Waals surface area contributed by atoms with Gasteiger partial charge in [-0.2, -0.15) is 0 Å². The summed E-state index contributed by atoms with van der Waals surface area (Å²) in [6, 6.07) is 3.69. The van der Waals surface area contributed by atoms with Crippen molar-refractivity contribution in [2.75, 3.05) is 18.9 Å². The Kier molecular flexibility index (Phi) is 8.09. The van der Waals surface area contributed by atoms with Crippen LogP contribution in [0.15, 0.2) is 27.8 Å². The lowest BCUT2D eigenvalue weighted by Crippen LogP contribution is -2.38. The second kappa shape index (κ2) is 9.34. The molecule has 1 atom stereocenters. The van der Waals surface area contributed by atoms with E-state index in [1.165, 1.54) is 0 Å². The number of pyridine rings is 1. The lowest BCUT2D eigenvalue weighted by Gasteiger charge is -2.15. The zero-order chi connectivity index (χ0) is 14.1. The van der Waals surface area contributed by atoms with Crippen LogP contribution >= 0.6 is 27.7 Å². The number of hydrogen-bond acceptors (Lipinski definition) is 5. The quantitative estimate of drug-likeness (QED) is 0.579. The predicted molar refractivity (Wildman–Crippen MR) is 81.4 cm³/mol. The van der Waals surface area contributed by atoms with Crippen LogP contribution in [0.4, 0.5) is 0 Å². The number of hydrogen-bond donors (Lipinski definition) is 1. The number of esters is 1. The second-order valence-electron chi connectivity index (χ2n) is 3.81. The summed E-state index contributed by atoms with van der Waals surface area (Å²) in [5, 5.41) is 4.11. The summed E-state index contributed by atoms with van der Waals surface area (Å²) < 4.78 is 6.01. The Morgan fingerprint density at radius 2 is 2.32 bits per heavy atom. The molecule has 1 unspecified atom stereocenters. The number of carbonyl (C=O) groups is 1. The molecule has 6 heteroatoms. The molecule has 0 spiro atoms. The van der Waals surface area contributed by atoms with Gasteiger partial charge in [-0.05, 0) is 48.0 Å². The van der Waals surface area contributed by atoms with Gasteiger partial charge in [0.1, 0.15) is 6.04 Å². The van der Waals surface area contributed by atoms with Gasteiger partial charge in [-0.3, -0.25) is 4.79 Å². The van der Waals surface area contributed by atoms with E-state index in [1.807, 2.05) is 26.0 Å². The van der Waals surface area contributed by atoms with Crippen molar-refractivity contribution in [3.63, 3.8) is 0 Å². The van der Waals surface area contributed by atoms with Gasteiger partial charge in [0.2, 0.25) is 0 Å². The third-order valence-corrected chi connectivity index (χ3v) is 3.82. The highest BCUT2D eigenvalue weighted by Crippen LogP contribution is 2.19. The monoisotopic (exact) mass is 346 g/mol. The first-order chi connectivity index (χ1) is 9.17. The van der Waals surface area contributed by atoms with E-state index in [4.69, 9.17) is 4.74 Å². The number of likely N-dealkylation sites (N-methyl/N-ethyl adjacent to an activating group) is 1.